The van der Waals surface area contributed by atoms with Crippen LogP contribution >= 0.6 is 0 Å². The van der Waals surface area contributed by atoms with Crippen molar-refractivity contribution in [1.82, 2.24) is 10.2 Å². The van der Waals surface area contributed by atoms with Crippen LogP contribution in [-0.4, -0.2) is 49.6 Å². The number of halogens is 4. The first-order valence-corrected chi connectivity index (χ1v) is 10.9. The van der Waals surface area contributed by atoms with Crippen molar-refractivity contribution in [3.05, 3.63) is 29.6 Å². The van der Waals surface area contributed by atoms with Crippen molar-refractivity contribution in [2.45, 2.75) is 57.7 Å². The van der Waals surface area contributed by atoms with E-state index in [2.05, 4.69) is 10.2 Å². The molecule has 0 atom stereocenters. The molecule has 1 aliphatic heterocycles. The topological polar surface area (TPSA) is 35.6 Å². The number of alkyl halides is 3. The Balaban J connectivity index is 1.42. The molecule has 3 rings (SSSR count). The number of nitrogens with one attached hydrogen (secondary N) is 1. The van der Waals surface area contributed by atoms with Gasteiger partial charge < -0.3 is 10.2 Å². The van der Waals surface area contributed by atoms with E-state index in [1.165, 1.54) is 12.1 Å². The van der Waals surface area contributed by atoms with Gasteiger partial charge in [0.15, 0.2) is 5.82 Å². The van der Waals surface area contributed by atoms with Gasteiger partial charge in [-0.25, -0.2) is 4.39 Å². The van der Waals surface area contributed by atoms with Crippen LogP contribution in [0.4, 0.5) is 23.2 Å². The molecule has 2 fully saturated rings. The molecule has 1 N–H and O–H groups in total. The zero-order valence-electron chi connectivity index (χ0n) is 17.5. The predicted octanol–water partition coefficient (Wildman–Crippen LogP) is 4.44. The van der Waals surface area contributed by atoms with E-state index < -0.39 is 17.6 Å². The molecule has 1 aliphatic carbocycles. The first-order chi connectivity index (χ1) is 14.3. The molecule has 30 heavy (non-hydrogen) atoms. The molecule has 1 saturated carbocycles. The Morgan fingerprint density at radius 3 is 2.37 bits per heavy atom. The van der Waals surface area contributed by atoms with E-state index in [1.807, 2.05) is 6.92 Å². The lowest BCUT2D eigenvalue weighted by Gasteiger charge is -2.37. The smallest absolute Gasteiger partial charge is 0.367 e. The highest BCUT2D eigenvalue weighted by molar-refractivity contribution is 5.75. The van der Waals surface area contributed by atoms with Crippen LogP contribution in [0.1, 0.15) is 51.0 Å². The van der Waals surface area contributed by atoms with E-state index in [0.29, 0.717) is 31.5 Å². The lowest BCUT2D eigenvalue weighted by Crippen LogP contribution is -2.47. The zero-order valence-corrected chi connectivity index (χ0v) is 17.5. The van der Waals surface area contributed by atoms with Crippen LogP contribution in [0.3, 0.4) is 0 Å². The first kappa shape index (κ1) is 22.8. The summed E-state index contributed by atoms with van der Waals surface area (Å²) in [7, 11) is 0. The Labute approximate surface area is 175 Å². The SMILES string of the molecule is CCC(=O)NC1CCC(CCN2CCN(c3cccc(C(F)(F)F)c3F)CC2)CC1. The minimum Gasteiger partial charge on any atom is -0.367 e. The van der Waals surface area contributed by atoms with E-state index >= 15 is 0 Å². The monoisotopic (exact) mass is 429 g/mol. The van der Waals surface area contributed by atoms with Gasteiger partial charge in [-0.1, -0.05) is 13.0 Å². The van der Waals surface area contributed by atoms with Gasteiger partial charge in [0, 0.05) is 38.6 Å². The molecule has 0 spiro atoms. The number of anilines is 1. The van der Waals surface area contributed by atoms with E-state index in [9.17, 15) is 22.4 Å². The third-order valence-electron chi connectivity index (χ3n) is 6.38. The Morgan fingerprint density at radius 1 is 1.10 bits per heavy atom. The second kappa shape index (κ2) is 9.98. The normalized spacial score (nSPS) is 23.4. The second-order valence-corrected chi connectivity index (χ2v) is 8.39. The molecule has 1 amide bonds. The van der Waals surface area contributed by atoms with Gasteiger partial charge in [-0.3, -0.25) is 9.69 Å². The molecule has 4 nitrogen and oxygen atoms in total. The van der Waals surface area contributed by atoms with Gasteiger partial charge in [-0.2, -0.15) is 13.2 Å². The molecule has 1 aromatic rings. The Bertz CT molecular complexity index is 709. The van der Waals surface area contributed by atoms with E-state index in [4.69, 9.17) is 0 Å². The fourth-order valence-electron chi connectivity index (χ4n) is 4.49. The Hall–Kier alpha value is -1.83. The molecule has 1 saturated heterocycles. The molecular weight excluding hydrogens is 398 g/mol. The number of carbonyl (C=O) groups excluding carboxylic acids is 1. The van der Waals surface area contributed by atoms with Crippen molar-refractivity contribution >= 4 is 11.6 Å². The van der Waals surface area contributed by atoms with Crippen molar-refractivity contribution in [1.29, 1.82) is 0 Å². The summed E-state index contributed by atoms with van der Waals surface area (Å²) in [6, 6.07) is 3.79. The van der Waals surface area contributed by atoms with Gasteiger partial charge in [0.2, 0.25) is 5.91 Å². The van der Waals surface area contributed by atoms with E-state index in [0.717, 1.165) is 57.8 Å². The fraction of sp³-hybridized carbons (Fsp3) is 0.682. The molecule has 1 heterocycles. The van der Waals surface area contributed by atoms with Gasteiger partial charge in [0.1, 0.15) is 0 Å². The highest BCUT2D eigenvalue weighted by Gasteiger charge is 2.36. The van der Waals surface area contributed by atoms with E-state index in [-0.39, 0.29) is 11.6 Å². The number of benzene rings is 1. The molecule has 1 aromatic carbocycles. The molecule has 0 unspecified atom stereocenters. The lowest BCUT2D eigenvalue weighted by molar-refractivity contribution is -0.139. The summed E-state index contributed by atoms with van der Waals surface area (Å²) in [6.07, 6.45) is 1.22. The van der Waals surface area contributed by atoms with Crippen LogP contribution in [0.25, 0.3) is 0 Å². The number of rotatable bonds is 6. The molecule has 2 aliphatic rings. The summed E-state index contributed by atoms with van der Waals surface area (Å²) in [5.41, 5.74) is -1.16. The van der Waals surface area contributed by atoms with Crippen molar-refractivity contribution in [3.8, 4) is 0 Å². The van der Waals surface area contributed by atoms with Crippen LogP contribution in [0.5, 0.6) is 0 Å². The molecule has 168 valence electrons. The average molecular weight is 430 g/mol. The summed E-state index contributed by atoms with van der Waals surface area (Å²) in [5, 5.41) is 3.08. The van der Waals surface area contributed by atoms with Crippen LogP contribution in [0.2, 0.25) is 0 Å². The highest BCUT2D eigenvalue weighted by Crippen LogP contribution is 2.35. The predicted molar refractivity (Wildman–Crippen MR) is 109 cm³/mol. The largest absolute Gasteiger partial charge is 0.419 e. The number of carbonyl (C=O) groups is 1. The minimum atomic E-state index is -4.68. The quantitative estimate of drug-likeness (QED) is 0.679. The molecular formula is C22H31F4N3O. The van der Waals surface area contributed by atoms with Crippen LogP contribution in [0, 0.1) is 11.7 Å². The van der Waals surface area contributed by atoms with Gasteiger partial charge in [0.25, 0.3) is 0 Å². The summed E-state index contributed by atoms with van der Waals surface area (Å²) < 4.78 is 53.2. The number of hydrogen-bond acceptors (Lipinski definition) is 3. The third kappa shape index (κ3) is 5.86. The summed E-state index contributed by atoms with van der Waals surface area (Å²) in [6.45, 7) is 5.30. The van der Waals surface area contributed by atoms with Crippen LogP contribution < -0.4 is 10.2 Å². The number of hydrogen-bond donors (Lipinski definition) is 1. The van der Waals surface area contributed by atoms with Crippen molar-refractivity contribution < 1.29 is 22.4 Å². The van der Waals surface area contributed by atoms with Crippen molar-refractivity contribution in [2.24, 2.45) is 5.92 Å². The van der Waals surface area contributed by atoms with E-state index in [1.54, 1.807) is 4.90 Å². The number of nitrogens with zero attached hydrogens (tertiary/aromatic N) is 2. The third-order valence-corrected chi connectivity index (χ3v) is 6.38. The highest BCUT2D eigenvalue weighted by atomic mass is 19.4. The summed E-state index contributed by atoms with van der Waals surface area (Å²) >= 11 is 0. The van der Waals surface area contributed by atoms with Crippen LogP contribution in [-0.2, 0) is 11.0 Å². The molecule has 0 radical (unpaired) electrons. The van der Waals surface area contributed by atoms with Gasteiger partial charge in [-0.05, 0) is 56.7 Å². The summed E-state index contributed by atoms with van der Waals surface area (Å²) in [5.74, 6) is -0.405. The maximum atomic E-state index is 14.4. The minimum absolute atomic E-state index is 0.0388. The first-order valence-electron chi connectivity index (χ1n) is 10.9. The van der Waals surface area contributed by atoms with Crippen molar-refractivity contribution in [3.63, 3.8) is 0 Å². The van der Waals surface area contributed by atoms with Gasteiger partial charge in [-0.15, -0.1) is 0 Å². The Kier molecular flexibility index (Phi) is 7.60. The summed E-state index contributed by atoms with van der Waals surface area (Å²) in [4.78, 5) is 15.5. The van der Waals surface area contributed by atoms with Gasteiger partial charge >= 0.3 is 6.18 Å². The lowest BCUT2D eigenvalue weighted by atomic mass is 9.84. The standard InChI is InChI=1S/C22H31F4N3O/c1-2-20(30)27-17-8-6-16(7-9-17)10-11-28-12-14-29(15-13-28)19-5-3-4-18(21(19)23)22(24,25)26/h3-5,16-17H,2,6-15H2,1H3,(H,27,30). The second-order valence-electron chi connectivity index (χ2n) is 8.39. The fourth-order valence-corrected chi connectivity index (χ4v) is 4.49. The Morgan fingerprint density at radius 2 is 1.77 bits per heavy atom. The molecule has 8 heteroatoms. The molecule has 0 bridgehead atoms. The number of amides is 1. The number of piperazine rings is 1. The van der Waals surface area contributed by atoms with Gasteiger partial charge in [0.05, 0.1) is 11.3 Å². The molecule has 0 aromatic heterocycles. The maximum Gasteiger partial charge on any atom is 0.419 e. The zero-order chi connectivity index (χ0) is 21.7. The van der Waals surface area contributed by atoms with Crippen molar-refractivity contribution in [2.75, 3.05) is 37.6 Å². The van der Waals surface area contributed by atoms with Crippen LogP contribution in [0.15, 0.2) is 18.2 Å². The average Bonchev–Trinajstić information content (AvgIpc) is 2.73. The maximum absolute atomic E-state index is 14.4.